The number of hydrazone groups is 1. The van der Waals surface area contributed by atoms with Crippen LogP contribution in [0, 0.1) is 0 Å². The normalized spacial score (nSPS) is 16.7. The van der Waals surface area contributed by atoms with Gasteiger partial charge in [-0.05, 0) is 23.3 Å². The first-order chi connectivity index (χ1) is 13.8. The summed E-state index contributed by atoms with van der Waals surface area (Å²) in [7, 11) is 0. The molecule has 1 heterocycles. The predicted molar refractivity (Wildman–Crippen MR) is 98.5 cm³/mol. The van der Waals surface area contributed by atoms with Crippen LogP contribution in [0.5, 0.6) is 0 Å². The lowest BCUT2D eigenvalue weighted by molar-refractivity contribution is -0.168. The first kappa shape index (κ1) is 20.6. The van der Waals surface area contributed by atoms with Crippen LogP contribution < -0.4 is 16.1 Å². The van der Waals surface area contributed by atoms with Crippen molar-refractivity contribution in [2.45, 2.75) is 25.1 Å². The number of alkyl halides is 4. The van der Waals surface area contributed by atoms with E-state index in [0.717, 1.165) is 5.56 Å². The van der Waals surface area contributed by atoms with Gasteiger partial charge in [0.2, 0.25) is 5.84 Å². The lowest BCUT2D eigenvalue weighted by atomic mass is 10.1. The molecule has 10 heteroatoms. The molecule has 3 N–H and O–H groups in total. The third-order valence-electron chi connectivity index (χ3n) is 4.13. The molecular formula is C19H18F4N4O2. The number of amides is 1. The SMILES string of the molecule is NC(=O)C1=NN(c2cccc(COCC(F)(F)C(F)F)c2)C(c2ccccc2)N1. The number of hydrogen-bond donors (Lipinski definition) is 2. The van der Waals surface area contributed by atoms with E-state index in [1.54, 1.807) is 24.3 Å². The van der Waals surface area contributed by atoms with Gasteiger partial charge in [0.25, 0.3) is 5.91 Å². The van der Waals surface area contributed by atoms with Crippen LogP contribution in [-0.2, 0) is 16.1 Å². The monoisotopic (exact) mass is 410 g/mol. The largest absolute Gasteiger partial charge is 0.370 e. The molecule has 0 bridgehead atoms. The molecule has 2 aromatic carbocycles. The minimum absolute atomic E-state index is 0.0305. The molecule has 0 radical (unpaired) electrons. The summed E-state index contributed by atoms with van der Waals surface area (Å²) in [6.07, 6.45) is -4.31. The maximum atomic E-state index is 13.0. The zero-order chi connectivity index (χ0) is 21.0. The van der Waals surface area contributed by atoms with Gasteiger partial charge < -0.3 is 15.8 Å². The molecule has 3 rings (SSSR count). The van der Waals surface area contributed by atoms with E-state index >= 15 is 0 Å². The molecule has 0 spiro atoms. The number of primary amides is 1. The molecule has 1 atom stereocenters. The van der Waals surface area contributed by atoms with Gasteiger partial charge in [0.15, 0.2) is 0 Å². The lowest BCUT2D eigenvalue weighted by Gasteiger charge is -2.24. The number of ether oxygens (including phenoxy) is 1. The van der Waals surface area contributed by atoms with Gasteiger partial charge in [0.05, 0.1) is 12.3 Å². The number of amidine groups is 1. The highest BCUT2D eigenvalue weighted by Gasteiger charge is 2.41. The summed E-state index contributed by atoms with van der Waals surface area (Å²) in [6, 6.07) is 15.7. The van der Waals surface area contributed by atoms with E-state index in [0.29, 0.717) is 11.3 Å². The van der Waals surface area contributed by atoms with Crippen LogP contribution >= 0.6 is 0 Å². The first-order valence-corrected chi connectivity index (χ1v) is 8.60. The number of hydrogen-bond acceptors (Lipinski definition) is 5. The van der Waals surface area contributed by atoms with Gasteiger partial charge in [-0.1, -0.05) is 42.5 Å². The van der Waals surface area contributed by atoms with Crippen molar-refractivity contribution in [3.8, 4) is 0 Å². The van der Waals surface area contributed by atoms with Gasteiger partial charge >= 0.3 is 12.3 Å². The van der Waals surface area contributed by atoms with E-state index in [-0.39, 0.29) is 12.4 Å². The van der Waals surface area contributed by atoms with Crippen molar-refractivity contribution in [2.24, 2.45) is 10.8 Å². The molecule has 154 valence electrons. The van der Waals surface area contributed by atoms with Crippen LogP contribution in [0.2, 0.25) is 0 Å². The number of nitrogens with zero attached hydrogens (tertiary/aromatic N) is 2. The highest BCUT2D eigenvalue weighted by Crippen LogP contribution is 2.30. The van der Waals surface area contributed by atoms with E-state index in [4.69, 9.17) is 10.5 Å². The summed E-state index contributed by atoms with van der Waals surface area (Å²) in [4.78, 5) is 11.6. The van der Waals surface area contributed by atoms with Gasteiger partial charge in [0, 0.05) is 0 Å². The van der Waals surface area contributed by atoms with Crippen molar-refractivity contribution in [3.05, 3.63) is 65.7 Å². The average molecular weight is 410 g/mol. The fourth-order valence-corrected chi connectivity index (χ4v) is 2.73. The maximum Gasteiger partial charge on any atom is 0.330 e. The Balaban J connectivity index is 1.79. The summed E-state index contributed by atoms with van der Waals surface area (Å²) in [5, 5.41) is 8.66. The zero-order valence-electron chi connectivity index (χ0n) is 15.1. The van der Waals surface area contributed by atoms with Gasteiger partial charge in [-0.2, -0.15) is 8.78 Å². The minimum atomic E-state index is -4.21. The molecule has 2 aromatic rings. The maximum absolute atomic E-state index is 13.0. The fourth-order valence-electron chi connectivity index (χ4n) is 2.73. The second kappa shape index (κ2) is 8.48. The Labute approximate surface area is 163 Å². The number of anilines is 1. The van der Waals surface area contributed by atoms with Crippen molar-refractivity contribution in [1.29, 1.82) is 0 Å². The van der Waals surface area contributed by atoms with Crippen molar-refractivity contribution in [3.63, 3.8) is 0 Å². The van der Waals surface area contributed by atoms with Crippen LogP contribution in [0.3, 0.4) is 0 Å². The number of nitrogens with two attached hydrogens (primary N) is 1. The Morgan fingerprint density at radius 1 is 1.21 bits per heavy atom. The summed E-state index contributed by atoms with van der Waals surface area (Å²) >= 11 is 0. The van der Waals surface area contributed by atoms with Crippen molar-refractivity contribution < 1.29 is 27.1 Å². The molecule has 0 aromatic heterocycles. The summed E-state index contributed by atoms with van der Waals surface area (Å²) in [5.41, 5.74) is 7.14. The molecule has 1 aliphatic heterocycles. The van der Waals surface area contributed by atoms with Crippen LogP contribution in [0.1, 0.15) is 17.3 Å². The summed E-state index contributed by atoms with van der Waals surface area (Å²) in [5.74, 6) is -4.98. The standard InChI is InChI=1S/C19H18F4N4O2/c20-18(21)19(22,23)11-29-10-12-5-4-8-14(9-12)27-17(13-6-2-1-3-7-13)25-16(26-27)15(24)28/h1-9,17-18H,10-11H2,(H2,24,28)(H,25,26). The van der Waals surface area contributed by atoms with Gasteiger partial charge in [-0.3, -0.25) is 4.79 Å². The van der Waals surface area contributed by atoms with E-state index in [1.807, 2.05) is 30.3 Å². The molecule has 1 aliphatic rings. The summed E-state index contributed by atoms with van der Waals surface area (Å²) in [6.45, 7) is -1.68. The number of benzene rings is 2. The number of carbonyl (C=O) groups is 1. The molecule has 6 nitrogen and oxygen atoms in total. The van der Waals surface area contributed by atoms with E-state index < -0.39 is 31.0 Å². The Hall–Kier alpha value is -3.14. The number of rotatable bonds is 8. The Morgan fingerprint density at radius 2 is 1.93 bits per heavy atom. The van der Waals surface area contributed by atoms with E-state index in [9.17, 15) is 22.4 Å². The Bertz CT molecular complexity index is 893. The number of nitrogens with one attached hydrogen (secondary N) is 1. The van der Waals surface area contributed by atoms with Crippen LogP contribution in [-0.4, -0.2) is 30.7 Å². The highest BCUT2D eigenvalue weighted by atomic mass is 19.3. The number of halogens is 4. The zero-order valence-corrected chi connectivity index (χ0v) is 15.1. The molecule has 0 aliphatic carbocycles. The minimum Gasteiger partial charge on any atom is -0.370 e. The average Bonchev–Trinajstić information content (AvgIpc) is 3.14. The smallest absolute Gasteiger partial charge is 0.330 e. The van der Waals surface area contributed by atoms with Crippen LogP contribution in [0.4, 0.5) is 23.2 Å². The van der Waals surface area contributed by atoms with Crippen molar-refractivity contribution in [2.75, 3.05) is 11.6 Å². The highest BCUT2D eigenvalue weighted by molar-refractivity contribution is 6.38. The van der Waals surface area contributed by atoms with Gasteiger partial charge in [-0.25, -0.2) is 13.8 Å². The van der Waals surface area contributed by atoms with Gasteiger partial charge in [-0.15, -0.1) is 5.10 Å². The molecule has 1 amide bonds. The summed E-state index contributed by atoms with van der Waals surface area (Å²) < 4.78 is 55.2. The van der Waals surface area contributed by atoms with E-state index in [1.165, 1.54) is 5.01 Å². The second-order valence-corrected chi connectivity index (χ2v) is 6.34. The lowest BCUT2D eigenvalue weighted by Crippen LogP contribution is -2.36. The van der Waals surface area contributed by atoms with Crippen molar-refractivity contribution >= 4 is 17.4 Å². The predicted octanol–water partition coefficient (Wildman–Crippen LogP) is 3.01. The quantitative estimate of drug-likeness (QED) is 0.656. The molecule has 1 unspecified atom stereocenters. The Morgan fingerprint density at radius 3 is 2.59 bits per heavy atom. The molecule has 0 saturated carbocycles. The first-order valence-electron chi connectivity index (χ1n) is 8.60. The number of carbonyl (C=O) groups excluding carboxylic acids is 1. The fraction of sp³-hybridized carbons (Fsp3) is 0.263. The molecule has 0 saturated heterocycles. The van der Waals surface area contributed by atoms with Crippen LogP contribution in [0.25, 0.3) is 0 Å². The van der Waals surface area contributed by atoms with Crippen molar-refractivity contribution in [1.82, 2.24) is 5.32 Å². The second-order valence-electron chi connectivity index (χ2n) is 6.34. The third kappa shape index (κ3) is 4.83. The Kier molecular flexibility index (Phi) is 6.02. The van der Waals surface area contributed by atoms with Gasteiger partial charge in [0.1, 0.15) is 12.8 Å². The molecular weight excluding hydrogens is 392 g/mol. The molecule has 29 heavy (non-hydrogen) atoms. The topological polar surface area (TPSA) is 80.0 Å². The van der Waals surface area contributed by atoms with Crippen LogP contribution in [0.15, 0.2) is 59.7 Å². The third-order valence-corrected chi connectivity index (χ3v) is 4.13. The molecule has 0 fully saturated rings. The van der Waals surface area contributed by atoms with E-state index in [2.05, 4.69) is 10.4 Å².